The van der Waals surface area contributed by atoms with Gasteiger partial charge in [-0.1, -0.05) is 0 Å². The number of aromatic nitrogens is 2. The van der Waals surface area contributed by atoms with Gasteiger partial charge in [-0.25, -0.2) is 0 Å². The molecule has 0 spiro atoms. The van der Waals surface area contributed by atoms with E-state index in [1.54, 1.807) is 13.1 Å². The summed E-state index contributed by atoms with van der Waals surface area (Å²) in [7, 11) is -4.50. The first-order valence-electron chi connectivity index (χ1n) is 6.71. The van der Waals surface area contributed by atoms with Gasteiger partial charge in [-0.05, 0) is 0 Å². The molecule has 0 radical (unpaired) electrons. The predicted molar refractivity (Wildman–Crippen MR) is 82.7 cm³/mol. The van der Waals surface area contributed by atoms with E-state index in [1.165, 1.54) is 6.33 Å². The molecule has 1 aliphatic heterocycles. The fraction of sp³-hybridized carbons (Fsp3) is 0.545. The van der Waals surface area contributed by atoms with Crippen molar-refractivity contribution >= 4 is 31.7 Å². The number of nitrogens with zero attached hydrogens (tertiary/aromatic N) is 3. The summed E-state index contributed by atoms with van der Waals surface area (Å²) in [6.45, 7) is 1.66. The summed E-state index contributed by atoms with van der Waals surface area (Å²) < 4.78 is 10.2. The van der Waals surface area contributed by atoms with E-state index in [1.807, 2.05) is 0 Å². The topological polar surface area (TPSA) is 155 Å². The molecule has 2 rings (SSSR count). The number of nitrogen functional groups attached to an aromatic ring is 1. The Balaban J connectivity index is 1.94. The summed E-state index contributed by atoms with van der Waals surface area (Å²) >= 11 is 0. The molecule has 0 unspecified atom stereocenters. The van der Waals surface area contributed by atoms with Crippen molar-refractivity contribution in [1.29, 1.82) is 0 Å². The third-order valence-electron chi connectivity index (χ3n) is 2.98. The number of rotatable bonds is 6. The monoisotopic (exact) mass is 333 g/mol. The van der Waals surface area contributed by atoms with Gasteiger partial charge in [0.25, 0.3) is 0 Å². The van der Waals surface area contributed by atoms with Crippen molar-refractivity contribution < 1.29 is 23.9 Å². The van der Waals surface area contributed by atoms with Crippen LogP contribution < -0.4 is 11.1 Å². The van der Waals surface area contributed by atoms with Crippen LogP contribution in [0.5, 0.6) is 0 Å². The maximum absolute atomic E-state index is 8.81. The van der Waals surface area contributed by atoms with Crippen molar-refractivity contribution in [1.82, 2.24) is 9.97 Å². The molecule has 1 aromatic heterocycles. The average molecular weight is 333 g/mol. The average Bonchev–Trinajstić information content (AvgIpc) is 2.87. The van der Waals surface area contributed by atoms with Gasteiger partial charge < -0.3 is 0 Å². The van der Waals surface area contributed by atoms with Gasteiger partial charge in [-0.3, -0.25) is 0 Å². The quantitative estimate of drug-likeness (QED) is 0.360. The van der Waals surface area contributed by atoms with Gasteiger partial charge in [-0.2, -0.15) is 0 Å². The zero-order valence-corrected chi connectivity index (χ0v) is 13.0. The number of nitrogens with one attached hydrogen (secondary N) is 1. The first-order valence-corrected chi connectivity index (χ1v) is 8.46. The van der Waals surface area contributed by atoms with Gasteiger partial charge in [0.15, 0.2) is 0 Å². The molecule has 1 aromatic rings. The number of hydrogen-bond donors (Lipinski definition) is 5. The first kappa shape index (κ1) is 16.9. The molecule has 124 valence electrons. The van der Waals surface area contributed by atoms with Crippen molar-refractivity contribution in [2.24, 2.45) is 4.99 Å². The SMILES string of the molecule is C/C=N\c1c(N)ncnc1N[C@H]1CC[C@@H](CO[PH](O)(O)O)O1. The molecule has 0 aromatic carbocycles. The number of hydrogen-bond acceptors (Lipinski definition) is 10. The van der Waals surface area contributed by atoms with E-state index in [0.717, 1.165) is 0 Å². The molecule has 1 fully saturated rings. The van der Waals surface area contributed by atoms with Crippen LogP contribution in [0, 0.1) is 0 Å². The number of aliphatic imine (C=N–C) groups is 1. The van der Waals surface area contributed by atoms with Crippen LogP contribution in [-0.4, -0.2) is 49.8 Å². The van der Waals surface area contributed by atoms with Gasteiger partial charge >= 0.3 is 127 Å². The predicted octanol–water partition coefficient (Wildman–Crippen LogP) is 0.101. The van der Waals surface area contributed by atoms with Gasteiger partial charge in [0, 0.05) is 0 Å². The fourth-order valence-electron chi connectivity index (χ4n) is 2.05. The summed E-state index contributed by atoms with van der Waals surface area (Å²) in [5, 5.41) is 3.06. The fourth-order valence-corrected chi connectivity index (χ4v) is 2.46. The Kier molecular flexibility index (Phi) is 5.57. The molecule has 0 aliphatic carbocycles. The van der Waals surface area contributed by atoms with E-state index >= 15 is 0 Å². The Labute approximate surface area is 127 Å². The molecule has 10 nitrogen and oxygen atoms in total. The summed E-state index contributed by atoms with van der Waals surface area (Å²) in [6, 6.07) is 0. The van der Waals surface area contributed by atoms with Crippen LogP contribution in [0.3, 0.4) is 0 Å². The van der Waals surface area contributed by atoms with Crippen LogP contribution in [0.1, 0.15) is 19.8 Å². The van der Waals surface area contributed by atoms with E-state index in [-0.39, 0.29) is 24.8 Å². The third-order valence-corrected chi connectivity index (χ3v) is 3.53. The molecule has 2 heterocycles. The second-order valence-corrected chi connectivity index (χ2v) is 6.13. The van der Waals surface area contributed by atoms with E-state index in [4.69, 9.17) is 25.2 Å². The molecular formula is C11H20N5O5P. The molecule has 6 N–H and O–H groups in total. The van der Waals surface area contributed by atoms with Crippen LogP contribution in [0.4, 0.5) is 17.3 Å². The second kappa shape index (κ2) is 7.23. The molecular weight excluding hydrogens is 313 g/mol. The summed E-state index contributed by atoms with van der Waals surface area (Å²) in [6.07, 6.45) is 3.50. The number of nitrogens with two attached hydrogens (primary N) is 1. The minimum atomic E-state index is -4.50. The third kappa shape index (κ3) is 4.80. The van der Waals surface area contributed by atoms with E-state index in [9.17, 15) is 0 Å². The van der Waals surface area contributed by atoms with Crippen LogP contribution in [0.25, 0.3) is 0 Å². The Morgan fingerprint density at radius 3 is 2.95 bits per heavy atom. The van der Waals surface area contributed by atoms with E-state index < -0.39 is 8.17 Å². The normalized spacial score (nSPS) is 23.1. The van der Waals surface area contributed by atoms with E-state index in [0.29, 0.717) is 24.3 Å². The second-order valence-electron chi connectivity index (χ2n) is 4.70. The van der Waals surface area contributed by atoms with Gasteiger partial charge in [0.1, 0.15) is 0 Å². The van der Waals surface area contributed by atoms with Crippen molar-refractivity contribution in [3.63, 3.8) is 0 Å². The summed E-state index contributed by atoms with van der Waals surface area (Å²) in [5.41, 5.74) is 6.19. The van der Waals surface area contributed by atoms with Crippen molar-refractivity contribution in [2.45, 2.75) is 32.1 Å². The number of anilines is 2. The molecule has 1 saturated heterocycles. The van der Waals surface area contributed by atoms with Crippen molar-refractivity contribution in [2.75, 3.05) is 17.7 Å². The minimum absolute atomic E-state index is 0.0974. The van der Waals surface area contributed by atoms with Gasteiger partial charge in [0.05, 0.1) is 0 Å². The molecule has 0 amide bonds. The Hall–Kier alpha value is -1.42. The first-order chi connectivity index (χ1) is 10.4. The van der Waals surface area contributed by atoms with E-state index in [2.05, 4.69) is 24.8 Å². The van der Waals surface area contributed by atoms with Gasteiger partial charge in [0.2, 0.25) is 0 Å². The zero-order valence-electron chi connectivity index (χ0n) is 12.0. The molecule has 2 atom stereocenters. The molecule has 1 aliphatic rings. The standard InChI is InChI=1S/C11H20N5O5P/c1-2-13-9-10(12)14-6-15-11(9)16-8-4-3-7(21-8)5-20-22(17,18)19/h2,6-8,17-19,22H,3-5H2,1H3,(H3,12,14,15,16)/b13-2-/t7-,8+/m0/s1. The molecule has 22 heavy (non-hydrogen) atoms. The van der Waals surface area contributed by atoms with Crippen LogP contribution in [0.15, 0.2) is 11.3 Å². The zero-order chi connectivity index (χ0) is 16.2. The van der Waals surface area contributed by atoms with Gasteiger partial charge in [-0.15, -0.1) is 0 Å². The Morgan fingerprint density at radius 2 is 2.27 bits per heavy atom. The Morgan fingerprint density at radius 1 is 1.50 bits per heavy atom. The van der Waals surface area contributed by atoms with Crippen LogP contribution >= 0.6 is 8.17 Å². The molecule has 11 heteroatoms. The molecule has 0 bridgehead atoms. The summed E-state index contributed by atoms with van der Waals surface area (Å²) in [4.78, 5) is 38.5. The number of ether oxygens (including phenoxy) is 1. The maximum atomic E-state index is 8.81. The van der Waals surface area contributed by atoms with Crippen LogP contribution in [0.2, 0.25) is 0 Å². The molecule has 0 saturated carbocycles. The van der Waals surface area contributed by atoms with Crippen LogP contribution in [-0.2, 0) is 9.26 Å². The Bertz CT molecular complexity index is 538. The summed E-state index contributed by atoms with van der Waals surface area (Å²) in [5.74, 6) is 0.706. The van der Waals surface area contributed by atoms with Crippen molar-refractivity contribution in [3.05, 3.63) is 6.33 Å². The van der Waals surface area contributed by atoms with Crippen molar-refractivity contribution in [3.8, 4) is 0 Å².